The van der Waals surface area contributed by atoms with Gasteiger partial charge in [0.25, 0.3) is 0 Å². The molecule has 3 rings (SSSR count). The van der Waals surface area contributed by atoms with E-state index in [0.29, 0.717) is 5.92 Å². The van der Waals surface area contributed by atoms with Gasteiger partial charge in [0.1, 0.15) is 5.82 Å². The third-order valence-corrected chi connectivity index (χ3v) is 5.27. The average molecular weight is 341 g/mol. The second-order valence-corrected chi connectivity index (χ2v) is 7.62. The van der Waals surface area contributed by atoms with Crippen LogP contribution in [0.3, 0.4) is 0 Å². The monoisotopic (exact) mass is 340 g/mol. The summed E-state index contributed by atoms with van der Waals surface area (Å²) in [6, 6.07) is 3.49. The van der Waals surface area contributed by atoms with Crippen LogP contribution in [-0.4, -0.2) is 18.3 Å². The molecule has 1 saturated carbocycles. The molecule has 0 amide bonds. The summed E-state index contributed by atoms with van der Waals surface area (Å²) in [6.45, 7) is 7.99. The first-order chi connectivity index (χ1) is 9.21. The Hall–Kier alpha value is -0.385. The van der Waals surface area contributed by atoms with Gasteiger partial charge in [0.15, 0.2) is 0 Å². The Morgan fingerprint density at radius 3 is 2.15 bits per heavy atom. The minimum absolute atomic E-state index is 0.161. The summed E-state index contributed by atoms with van der Waals surface area (Å²) in [7, 11) is -0.515. The van der Waals surface area contributed by atoms with Crippen molar-refractivity contribution in [2.45, 2.75) is 57.7 Å². The summed E-state index contributed by atoms with van der Waals surface area (Å²) in [5.41, 5.74) is 0.716. The predicted molar refractivity (Wildman–Crippen MR) is 81.8 cm³/mol. The maximum absolute atomic E-state index is 14.3. The fourth-order valence-electron chi connectivity index (χ4n) is 2.48. The first-order valence-corrected chi connectivity index (χ1v) is 7.85. The topological polar surface area (TPSA) is 18.5 Å². The van der Waals surface area contributed by atoms with Crippen molar-refractivity contribution in [3.63, 3.8) is 0 Å². The molecule has 20 heavy (non-hydrogen) atoms. The largest absolute Gasteiger partial charge is 0.494 e. The summed E-state index contributed by atoms with van der Waals surface area (Å²) in [5.74, 6) is 0.211. The van der Waals surface area contributed by atoms with Gasteiger partial charge in [-0.3, -0.25) is 0 Å². The van der Waals surface area contributed by atoms with E-state index in [0.717, 1.165) is 28.3 Å². The molecular weight excluding hydrogens is 322 g/mol. The van der Waals surface area contributed by atoms with E-state index in [1.165, 1.54) is 0 Å². The first kappa shape index (κ1) is 14.5. The van der Waals surface area contributed by atoms with Crippen LogP contribution in [-0.2, 0) is 9.31 Å². The van der Waals surface area contributed by atoms with Crippen molar-refractivity contribution in [2.24, 2.45) is 0 Å². The van der Waals surface area contributed by atoms with Crippen LogP contribution in [0.25, 0.3) is 0 Å². The lowest BCUT2D eigenvalue weighted by Crippen LogP contribution is -2.41. The van der Waals surface area contributed by atoms with Gasteiger partial charge in [-0.2, -0.15) is 0 Å². The third-order valence-electron chi connectivity index (χ3n) is 4.61. The van der Waals surface area contributed by atoms with E-state index in [-0.39, 0.29) is 5.82 Å². The average Bonchev–Trinajstić information content (AvgIpc) is 3.07. The first-order valence-electron chi connectivity index (χ1n) is 7.06. The normalized spacial score (nSPS) is 24.2. The summed E-state index contributed by atoms with van der Waals surface area (Å²) < 4.78 is 27.1. The van der Waals surface area contributed by atoms with Crippen molar-refractivity contribution in [3.8, 4) is 0 Å². The number of hydrogen-bond donors (Lipinski definition) is 0. The van der Waals surface area contributed by atoms with E-state index in [4.69, 9.17) is 9.31 Å². The second-order valence-electron chi connectivity index (χ2n) is 6.76. The van der Waals surface area contributed by atoms with Gasteiger partial charge < -0.3 is 9.31 Å². The number of benzene rings is 1. The molecule has 1 aliphatic heterocycles. The molecule has 0 spiro atoms. The van der Waals surface area contributed by atoms with Crippen molar-refractivity contribution in [1.82, 2.24) is 0 Å². The highest BCUT2D eigenvalue weighted by Crippen LogP contribution is 2.44. The predicted octanol–water partition coefficient (Wildman–Crippen LogP) is 3.76. The van der Waals surface area contributed by atoms with Gasteiger partial charge in [0.05, 0.1) is 11.2 Å². The van der Waals surface area contributed by atoms with Crippen molar-refractivity contribution < 1.29 is 13.7 Å². The lowest BCUT2D eigenvalue weighted by Gasteiger charge is -2.32. The van der Waals surface area contributed by atoms with E-state index < -0.39 is 18.3 Å². The maximum Gasteiger partial charge on any atom is 0.494 e. The van der Waals surface area contributed by atoms with Crippen molar-refractivity contribution in [3.05, 3.63) is 28.0 Å². The van der Waals surface area contributed by atoms with E-state index in [1.807, 2.05) is 33.8 Å². The molecule has 0 aromatic heterocycles. The quantitative estimate of drug-likeness (QED) is 0.763. The molecular formula is C15H19BBrFO2. The van der Waals surface area contributed by atoms with Gasteiger partial charge in [-0.05, 0) is 64.1 Å². The van der Waals surface area contributed by atoms with Crippen molar-refractivity contribution in [1.29, 1.82) is 0 Å². The highest BCUT2D eigenvalue weighted by atomic mass is 79.9. The molecule has 0 bridgehead atoms. The number of hydrogen-bond acceptors (Lipinski definition) is 2. The van der Waals surface area contributed by atoms with Gasteiger partial charge in [0.2, 0.25) is 0 Å². The smallest absolute Gasteiger partial charge is 0.399 e. The lowest BCUT2D eigenvalue weighted by atomic mass is 9.78. The highest BCUT2D eigenvalue weighted by Gasteiger charge is 2.52. The zero-order valence-electron chi connectivity index (χ0n) is 12.3. The van der Waals surface area contributed by atoms with E-state index >= 15 is 0 Å². The standard InChI is InChI=1S/C15H19BBrFO2/c1-14(2)15(3,4)20-16(19-14)10-7-11(17)13(9-5-6-9)12(18)8-10/h7-9H,5-6H2,1-4H3. The van der Waals surface area contributed by atoms with Gasteiger partial charge in [-0.25, -0.2) is 4.39 Å². The second kappa shape index (κ2) is 4.55. The fraction of sp³-hybridized carbons (Fsp3) is 0.600. The molecule has 1 aromatic carbocycles. The van der Waals surface area contributed by atoms with Crippen LogP contribution in [0, 0.1) is 5.82 Å². The molecule has 108 valence electrons. The zero-order chi connectivity index (χ0) is 14.7. The third kappa shape index (κ3) is 2.34. The molecule has 2 fully saturated rings. The molecule has 0 atom stereocenters. The van der Waals surface area contributed by atoms with Gasteiger partial charge in [0, 0.05) is 10.0 Å². The van der Waals surface area contributed by atoms with Crippen LogP contribution in [0.1, 0.15) is 52.0 Å². The molecule has 0 unspecified atom stereocenters. The molecule has 1 aromatic rings. The lowest BCUT2D eigenvalue weighted by molar-refractivity contribution is 0.00578. The van der Waals surface area contributed by atoms with E-state index in [1.54, 1.807) is 6.07 Å². The Morgan fingerprint density at radius 1 is 1.15 bits per heavy atom. The molecule has 2 nitrogen and oxygen atoms in total. The molecule has 0 radical (unpaired) electrons. The molecule has 2 aliphatic rings. The minimum Gasteiger partial charge on any atom is -0.399 e. The zero-order valence-corrected chi connectivity index (χ0v) is 13.9. The van der Waals surface area contributed by atoms with Gasteiger partial charge in [-0.15, -0.1) is 0 Å². The van der Waals surface area contributed by atoms with Crippen LogP contribution in [0.5, 0.6) is 0 Å². The Bertz CT molecular complexity index is 516. The van der Waals surface area contributed by atoms with Crippen LogP contribution < -0.4 is 5.46 Å². The van der Waals surface area contributed by atoms with Gasteiger partial charge >= 0.3 is 7.12 Å². The Kier molecular flexibility index (Phi) is 3.31. The summed E-state index contributed by atoms with van der Waals surface area (Å²) in [5, 5.41) is 0. The fourth-order valence-corrected chi connectivity index (χ4v) is 3.26. The summed E-state index contributed by atoms with van der Waals surface area (Å²) in [6.07, 6.45) is 2.15. The Balaban J connectivity index is 1.93. The highest BCUT2D eigenvalue weighted by molar-refractivity contribution is 9.10. The van der Waals surface area contributed by atoms with Gasteiger partial charge in [-0.1, -0.05) is 15.9 Å². The molecule has 1 saturated heterocycles. The van der Waals surface area contributed by atoms with Crippen LogP contribution >= 0.6 is 15.9 Å². The Labute approximate surface area is 128 Å². The van der Waals surface area contributed by atoms with Crippen LogP contribution in [0.15, 0.2) is 16.6 Å². The summed E-state index contributed by atoms with van der Waals surface area (Å²) in [4.78, 5) is 0. The number of rotatable bonds is 2. The molecule has 1 heterocycles. The van der Waals surface area contributed by atoms with E-state index in [9.17, 15) is 4.39 Å². The van der Waals surface area contributed by atoms with Crippen LogP contribution in [0.2, 0.25) is 0 Å². The molecule has 1 aliphatic carbocycles. The summed E-state index contributed by atoms with van der Waals surface area (Å²) >= 11 is 3.49. The van der Waals surface area contributed by atoms with E-state index in [2.05, 4.69) is 15.9 Å². The maximum atomic E-state index is 14.3. The minimum atomic E-state index is -0.515. The van der Waals surface area contributed by atoms with Crippen molar-refractivity contribution in [2.75, 3.05) is 0 Å². The Morgan fingerprint density at radius 2 is 1.70 bits per heavy atom. The van der Waals surface area contributed by atoms with Crippen LogP contribution in [0.4, 0.5) is 4.39 Å². The van der Waals surface area contributed by atoms with Crippen molar-refractivity contribution >= 4 is 28.5 Å². The SMILES string of the molecule is CC1(C)OB(c2cc(F)c(C3CC3)c(Br)c2)OC1(C)C. The molecule has 5 heteroatoms. The number of halogens is 2. The molecule has 0 N–H and O–H groups in total.